The molecule has 0 N–H and O–H groups in total. The van der Waals surface area contributed by atoms with Crippen LogP contribution >= 0.6 is 11.6 Å². The fourth-order valence-corrected chi connectivity index (χ4v) is 5.04. The summed E-state index contributed by atoms with van der Waals surface area (Å²) in [6.07, 6.45) is -0.390. The van der Waals surface area contributed by atoms with E-state index in [2.05, 4.69) is 35.6 Å². The molecule has 2 saturated heterocycles. The van der Waals surface area contributed by atoms with Crippen molar-refractivity contribution in [3.8, 4) is 17.6 Å². The number of likely N-dealkylation sites (N-methyl/N-ethyl adjacent to an activating group) is 1. The smallest absolute Gasteiger partial charge is 0.410 e. The van der Waals surface area contributed by atoms with Gasteiger partial charge in [-0.05, 0) is 47.6 Å². The van der Waals surface area contributed by atoms with Crippen molar-refractivity contribution in [3.05, 3.63) is 16.3 Å². The van der Waals surface area contributed by atoms with Gasteiger partial charge in [-0.1, -0.05) is 17.5 Å². The first-order chi connectivity index (χ1) is 16.5. The number of halogens is 1. The van der Waals surface area contributed by atoms with Crippen molar-refractivity contribution in [1.82, 2.24) is 19.7 Å². The van der Waals surface area contributed by atoms with Gasteiger partial charge in [-0.3, -0.25) is 4.79 Å². The molecule has 0 unspecified atom stereocenters. The molecule has 0 bridgehead atoms. The van der Waals surface area contributed by atoms with Crippen LogP contribution in [0.1, 0.15) is 50.7 Å². The van der Waals surface area contributed by atoms with E-state index in [1.807, 2.05) is 20.8 Å². The molecule has 0 spiro atoms. The van der Waals surface area contributed by atoms with Gasteiger partial charge in [0.1, 0.15) is 34.3 Å². The average Bonchev–Trinajstić information content (AvgIpc) is 2.92. The number of fused-ring (bicyclic) bond motifs is 2. The lowest BCUT2D eigenvalue weighted by atomic mass is 10.1. The lowest BCUT2D eigenvalue weighted by Gasteiger charge is -2.41. The van der Waals surface area contributed by atoms with Gasteiger partial charge in [0.05, 0.1) is 6.04 Å². The van der Waals surface area contributed by atoms with Crippen LogP contribution in [0, 0.1) is 11.8 Å². The molecule has 0 radical (unpaired) electrons. The number of ether oxygens (including phenoxy) is 2. The van der Waals surface area contributed by atoms with Gasteiger partial charge in [0.2, 0.25) is 0 Å². The van der Waals surface area contributed by atoms with Crippen LogP contribution in [0.15, 0.2) is 0 Å². The Labute approximate surface area is 212 Å². The molecule has 0 saturated carbocycles. The van der Waals surface area contributed by atoms with Gasteiger partial charge in [0.15, 0.2) is 5.75 Å². The average molecular weight is 504 g/mol. The van der Waals surface area contributed by atoms with Crippen LogP contribution in [0.25, 0.3) is 0 Å². The summed E-state index contributed by atoms with van der Waals surface area (Å²) < 4.78 is 11.7. The second-order valence-corrected chi connectivity index (χ2v) is 10.7. The van der Waals surface area contributed by atoms with Gasteiger partial charge >= 0.3 is 6.09 Å². The van der Waals surface area contributed by atoms with Crippen LogP contribution in [0.2, 0.25) is 5.02 Å². The minimum atomic E-state index is -0.593. The highest BCUT2D eigenvalue weighted by atomic mass is 35.5. The Kier molecular flexibility index (Phi) is 7.07. The summed E-state index contributed by atoms with van der Waals surface area (Å²) in [6.45, 7) is 13.1. The fourth-order valence-electron chi connectivity index (χ4n) is 4.80. The number of anilines is 1. The largest absolute Gasteiger partial charge is 0.489 e. The maximum atomic E-state index is 14.0. The molecule has 4 rings (SSSR count). The minimum absolute atomic E-state index is 0.143. The Morgan fingerprint density at radius 3 is 2.54 bits per heavy atom. The zero-order valence-corrected chi connectivity index (χ0v) is 22.1. The summed E-state index contributed by atoms with van der Waals surface area (Å²) in [6, 6.07) is -0.185. The maximum Gasteiger partial charge on any atom is 0.410 e. The van der Waals surface area contributed by atoms with Crippen molar-refractivity contribution in [2.24, 2.45) is 0 Å². The third kappa shape index (κ3) is 5.14. The molecule has 2 fully saturated rings. The van der Waals surface area contributed by atoms with Gasteiger partial charge in [0, 0.05) is 45.3 Å². The standard InChI is InChI=1S/C25H34ClN5O4/c1-7-8-18-20(26)21-19(22(27-18)30-11-9-28(6)13-16(30)2)23(32)31-12-10-29(14-17(31)15-34-21)24(33)35-25(3,4)5/h16-17H,9-15H2,1-6H3/t16-,17+/m0/s1. The van der Waals surface area contributed by atoms with E-state index in [4.69, 9.17) is 26.1 Å². The molecule has 190 valence electrons. The molecule has 0 aliphatic carbocycles. The molecule has 2 amide bonds. The SMILES string of the molecule is CC#Cc1nc(N2CCN(C)C[C@@H]2C)c2c(c1Cl)OC[C@H]1CN(C(=O)OC(C)(C)C)CCN1C2=O. The fraction of sp³-hybridized carbons (Fsp3) is 0.640. The normalized spacial score (nSPS) is 22.9. The van der Waals surface area contributed by atoms with Crippen LogP contribution in [-0.4, -0.2) is 102 Å². The number of hydrogen-bond donors (Lipinski definition) is 0. The molecule has 35 heavy (non-hydrogen) atoms. The number of piperazine rings is 2. The van der Waals surface area contributed by atoms with Gasteiger partial charge in [-0.2, -0.15) is 0 Å². The van der Waals surface area contributed by atoms with Crippen LogP contribution < -0.4 is 9.64 Å². The van der Waals surface area contributed by atoms with E-state index in [0.29, 0.717) is 42.5 Å². The van der Waals surface area contributed by atoms with Crippen LogP contribution in [0.4, 0.5) is 10.6 Å². The Morgan fingerprint density at radius 2 is 1.89 bits per heavy atom. The molecule has 10 heteroatoms. The van der Waals surface area contributed by atoms with Gasteiger partial charge in [-0.25, -0.2) is 9.78 Å². The number of hydrogen-bond acceptors (Lipinski definition) is 7. The monoisotopic (exact) mass is 503 g/mol. The summed E-state index contributed by atoms with van der Waals surface area (Å²) in [5.41, 5.74) is 0.183. The third-order valence-corrected chi connectivity index (χ3v) is 6.80. The van der Waals surface area contributed by atoms with Crippen molar-refractivity contribution in [3.63, 3.8) is 0 Å². The number of nitrogens with zero attached hydrogens (tertiary/aromatic N) is 5. The summed E-state index contributed by atoms with van der Waals surface area (Å²) in [5.74, 6) is 6.53. The molecule has 3 aliphatic rings. The first-order valence-electron chi connectivity index (χ1n) is 12.0. The zero-order valence-electron chi connectivity index (χ0n) is 21.4. The predicted molar refractivity (Wildman–Crippen MR) is 134 cm³/mol. The molecule has 1 aromatic heterocycles. The van der Waals surface area contributed by atoms with E-state index in [0.717, 1.165) is 19.6 Å². The number of aromatic nitrogens is 1. The second-order valence-electron chi connectivity index (χ2n) is 10.4. The van der Waals surface area contributed by atoms with E-state index < -0.39 is 11.7 Å². The lowest BCUT2D eigenvalue weighted by molar-refractivity contribution is 0.000952. The van der Waals surface area contributed by atoms with Crippen molar-refractivity contribution >= 4 is 29.4 Å². The molecule has 3 aliphatic heterocycles. The number of rotatable bonds is 1. The van der Waals surface area contributed by atoms with Gasteiger partial charge < -0.3 is 29.1 Å². The van der Waals surface area contributed by atoms with Crippen LogP contribution in [0.3, 0.4) is 0 Å². The quantitative estimate of drug-likeness (QED) is 0.545. The second kappa shape index (κ2) is 9.75. The Bertz CT molecular complexity index is 1080. The molecular formula is C25H34ClN5O4. The number of carbonyl (C=O) groups is 2. The molecular weight excluding hydrogens is 470 g/mol. The summed E-state index contributed by atoms with van der Waals surface area (Å²) in [5, 5.41) is 0.247. The van der Waals surface area contributed by atoms with E-state index in [1.54, 1.807) is 16.7 Å². The first-order valence-corrected chi connectivity index (χ1v) is 12.4. The van der Waals surface area contributed by atoms with Gasteiger partial charge in [0.25, 0.3) is 5.91 Å². The molecule has 2 atom stereocenters. The van der Waals surface area contributed by atoms with Crippen molar-refractivity contribution in [2.45, 2.75) is 52.3 Å². The van der Waals surface area contributed by atoms with Crippen molar-refractivity contribution < 1.29 is 19.1 Å². The molecule has 1 aromatic rings. The highest BCUT2D eigenvalue weighted by molar-refractivity contribution is 6.34. The van der Waals surface area contributed by atoms with E-state index in [1.165, 1.54) is 0 Å². The maximum absolute atomic E-state index is 14.0. The molecule has 4 heterocycles. The molecule has 9 nitrogen and oxygen atoms in total. The molecule has 0 aromatic carbocycles. The van der Waals surface area contributed by atoms with E-state index in [-0.39, 0.29) is 29.6 Å². The highest BCUT2D eigenvalue weighted by Crippen LogP contribution is 2.41. The minimum Gasteiger partial charge on any atom is -0.489 e. The number of pyridine rings is 1. The van der Waals surface area contributed by atoms with Gasteiger partial charge in [-0.15, -0.1) is 0 Å². The summed E-state index contributed by atoms with van der Waals surface area (Å²) >= 11 is 6.69. The Morgan fingerprint density at radius 1 is 1.17 bits per heavy atom. The van der Waals surface area contributed by atoms with Crippen molar-refractivity contribution in [1.29, 1.82) is 0 Å². The third-order valence-electron chi connectivity index (χ3n) is 6.45. The number of carbonyl (C=O) groups excluding carboxylic acids is 2. The number of amides is 2. The summed E-state index contributed by atoms with van der Waals surface area (Å²) in [7, 11) is 2.08. The van der Waals surface area contributed by atoms with E-state index in [9.17, 15) is 9.59 Å². The Balaban J connectivity index is 1.70. The highest BCUT2D eigenvalue weighted by Gasteiger charge is 2.42. The zero-order chi connectivity index (χ0) is 25.5. The van der Waals surface area contributed by atoms with Crippen LogP contribution in [-0.2, 0) is 4.74 Å². The lowest BCUT2D eigenvalue weighted by Crippen LogP contribution is -2.58. The van der Waals surface area contributed by atoms with Crippen molar-refractivity contribution in [2.75, 3.05) is 57.8 Å². The topological polar surface area (TPSA) is 78.5 Å². The Hall–Kier alpha value is -2.70. The van der Waals surface area contributed by atoms with Crippen LogP contribution in [0.5, 0.6) is 5.75 Å². The predicted octanol–water partition coefficient (Wildman–Crippen LogP) is 2.70. The summed E-state index contributed by atoms with van der Waals surface area (Å²) in [4.78, 5) is 39.2. The first kappa shape index (κ1) is 25.4. The van der Waals surface area contributed by atoms with E-state index >= 15 is 0 Å².